The molecule has 0 saturated carbocycles. The van der Waals surface area contributed by atoms with Crippen LogP contribution in [-0.4, -0.2) is 15.0 Å². The highest BCUT2D eigenvalue weighted by atomic mass is 15.4. The van der Waals surface area contributed by atoms with E-state index < -0.39 is 0 Å². The predicted molar refractivity (Wildman–Crippen MR) is 85.9 cm³/mol. The summed E-state index contributed by atoms with van der Waals surface area (Å²) in [6, 6.07) is 11.0. The molecule has 0 aliphatic heterocycles. The Morgan fingerprint density at radius 1 is 1.19 bits per heavy atom. The Hall–Kier alpha value is -1.68. The highest BCUT2D eigenvalue weighted by Crippen LogP contribution is 2.19. The van der Waals surface area contributed by atoms with Gasteiger partial charge in [-0.05, 0) is 32.8 Å². The molecular formula is C17H26N4. The molecule has 0 amide bonds. The second-order valence-electron chi connectivity index (χ2n) is 6.46. The highest BCUT2D eigenvalue weighted by molar-refractivity contribution is 5.19. The molecule has 0 radical (unpaired) electrons. The number of benzene rings is 1. The van der Waals surface area contributed by atoms with Gasteiger partial charge in [-0.1, -0.05) is 48.9 Å². The van der Waals surface area contributed by atoms with Crippen LogP contribution in [-0.2, 0) is 12.1 Å². The van der Waals surface area contributed by atoms with Gasteiger partial charge in [-0.25, -0.2) is 4.68 Å². The number of aromatic nitrogens is 3. The SMILES string of the molecule is CCCC(NCc1cn(C(C)(C)C)nn1)c1ccccc1. The molecule has 0 saturated heterocycles. The minimum absolute atomic E-state index is 0.0203. The van der Waals surface area contributed by atoms with Gasteiger partial charge in [-0.15, -0.1) is 5.10 Å². The molecule has 4 heteroatoms. The number of rotatable bonds is 6. The lowest BCUT2D eigenvalue weighted by Crippen LogP contribution is -2.22. The third-order valence-electron chi connectivity index (χ3n) is 3.54. The van der Waals surface area contributed by atoms with E-state index in [9.17, 15) is 0 Å². The van der Waals surface area contributed by atoms with Crippen LogP contribution in [0.5, 0.6) is 0 Å². The lowest BCUT2D eigenvalue weighted by molar-refractivity contribution is 0.346. The van der Waals surface area contributed by atoms with Crippen molar-refractivity contribution in [2.45, 2.75) is 58.7 Å². The molecule has 2 aromatic rings. The van der Waals surface area contributed by atoms with Crippen molar-refractivity contribution in [3.63, 3.8) is 0 Å². The van der Waals surface area contributed by atoms with Crippen LogP contribution in [0, 0.1) is 0 Å². The van der Waals surface area contributed by atoms with E-state index in [0.29, 0.717) is 6.04 Å². The molecule has 1 aromatic carbocycles. The lowest BCUT2D eigenvalue weighted by Gasteiger charge is -2.18. The summed E-state index contributed by atoms with van der Waals surface area (Å²) in [5.41, 5.74) is 2.30. The van der Waals surface area contributed by atoms with E-state index in [0.717, 1.165) is 25.1 Å². The molecule has 0 aliphatic rings. The zero-order valence-electron chi connectivity index (χ0n) is 13.5. The second-order valence-corrected chi connectivity index (χ2v) is 6.46. The quantitative estimate of drug-likeness (QED) is 0.881. The topological polar surface area (TPSA) is 42.7 Å². The maximum absolute atomic E-state index is 4.26. The summed E-state index contributed by atoms with van der Waals surface area (Å²) in [4.78, 5) is 0. The molecule has 4 nitrogen and oxygen atoms in total. The summed E-state index contributed by atoms with van der Waals surface area (Å²) in [7, 11) is 0. The van der Waals surface area contributed by atoms with Gasteiger partial charge in [0.15, 0.2) is 0 Å². The van der Waals surface area contributed by atoms with Gasteiger partial charge in [-0.2, -0.15) is 0 Å². The Morgan fingerprint density at radius 3 is 2.48 bits per heavy atom. The zero-order valence-corrected chi connectivity index (χ0v) is 13.5. The van der Waals surface area contributed by atoms with Gasteiger partial charge >= 0.3 is 0 Å². The van der Waals surface area contributed by atoms with Crippen molar-refractivity contribution in [3.8, 4) is 0 Å². The molecule has 114 valence electrons. The number of nitrogens with zero attached hydrogens (tertiary/aromatic N) is 3. The summed E-state index contributed by atoms with van der Waals surface area (Å²) >= 11 is 0. The van der Waals surface area contributed by atoms with Gasteiger partial charge in [0.2, 0.25) is 0 Å². The molecule has 1 N–H and O–H groups in total. The minimum atomic E-state index is -0.0203. The van der Waals surface area contributed by atoms with E-state index in [2.05, 4.69) is 73.7 Å². The van der Waals surface area contributed by atoms with Crippen LogP contribution >= 0.6 is 0 Å². The lowest BCUT2D eigenvalue weighted by atomic mass is 10.0. The number of hydrogen-bond acceptors (Lipinski definition) is 3. The fourth-order valence-electron chi connectivity index (χ4n) is 2.30. The largest absolute Gasteiger partial charge is 0.304 e. The van der Waals surface area contributed by atoms with E-state index in [1.807, 2.05) is 10.9 Å². The highest BCUT2D eigenvalue weighted by Gasteiger charge is 2.16. The van der Waals surface area contributed by atoms with Crippen LogP contribution in [0.2, 0.25) is 0 Å². The molecule has 1 aromatic heterocycles. The van der Waals surface area contributed by atoms with Crippen LogP contribution in [0.1, 0.15) is 57.8 Å². The Kier molecular flexibility index (Phi) is 5.12. The Bertz CT molecular complexity index is 539. The van der Waals surface area contributed by atoms with Gasteiger partial charge in [-0.3, -0.25) is 0 Å². The van der Waals surface area contributed by atoms with E-state index in [-0.39, 0.29) is 5.54 Å². The van der Waals surface area contributed by atoms with Crippen molar-refractivity contribution >= 4 is 0 Å². The Balaban J connectivity index is 2.01. The summed E-state index contributed by atoms with van der Waals surface area (Å²) < 4.78 is 1.92. The zero-order chi connectivity index (χ0) is 15.3. The van der Waals surface area contributed by atoms with Gasteiger partial charge in [0.1, 0.15) is 0 Å². The van der Waals surface area contributed by atoms with Crippen LogP contribution in [0.4, 0.5) is 0 Å². The average Bonchev–Trinajstić information content (AvgIpc) is 2.93. The normalized spacial score (nSPS) is 13.3. The maximum atomic E-state index is 4.26. The first-order valence-electron chi connectivity index (χ1n) is 7.70. The molecule has 0 spiro atoms. The van der Waals surface area contributed by atoms with Crippen molar-refractivity contribution in [1.82, 2.24) is 20.3 Å². The summed E-state index contributed by atoms with van der Waals surface area (Å²) in [5, 5.41) is 12.1. The summed E-state index contributed by atoms with van der Waals surface area (Å²) in [6.07, 6.45) is 4.31. The number of hydrogen-bond donors (Lipinski definition) is 1. The van der Waals surface area contributed by atoms with Crippen LogP contribution in [0.3, 0.4) is 0 Å². The first kappa shape index (κ1) is 15.7. The first-order valence-corrected chi connectivity index (χ1v) is 7.70. The molecule has 1 unspecified atom stereocenters. The molecule has 0 bridgehead atoms. The van der Waals surface area contributed by atoms with E-state index in [1.54, 1.807) is 0 Å². The molecule has 0 fully saturated rings. The second kappa shape index (κ2) is 6.85. The van der Waals surface area contributed by atoms with Crippen molar-refractivity contribution in [2.24, 2.45) is 0 Å². The monoisotopic (exact) mass is 286 g/mol. The smallest absolute Gasteiger partial charge is 0.0965 e. The van der Waals surface area contributed by atoms with Crippen molar-refractivity contribution in [1.29, 1.82) is 0 Å². The predicted octanol–water partition coefficient (Wildman–Crippen LogP) is 3.66. The maximum Gasteiger partial charge on any atom is 0.0965 e. The number of nitrogens with one attached hydrogen (secondary N) is 1. The fourth-order valence-corrected chi connectivity index (χ4v) is 2.30. The average molecular weight is 286 g/mol. The van der Waals surface area contributed by atoms with Gasteiger partial charge in [0, 0.05) is 12.6 Å². The first-order chi connectivity index (χ1) is 10.0. The Labute approximate surface area is 127 Å². The van der Waals surface area contributed by atoms with Gasteiger partial charge in [0.05, 0.1) is 17.4 Å². The standard InChI is InChI=1S/C17H26N4/c1-5-9-16(14-10-7-6-8-11-14)18-12-15-13-21(20-19-15)17(2,3)4/h6-8,10-11,13,16,18H,5,9,12H2,1-4H3. The van der Waals surface area contributed by atoms with Gasteiger partial charge < -0.3 is 5.32 Å². The van der Waals surface area contributed by atoms with Crippen molar-refractivity contribution in [3.05, 3.63) is 47.8 Å². The van der Waals surface area contributed by atoms with Crippen LogP contribution in [0.15, 0.2) is 36.5 Å². The third kappa shape index (κ3) is 4.39. The summed E-state index contributed by atoms with van der Waals surface area (Å²) in [6.45, 7) is 9.34. The minimum Gasteiger partial charge on any atom is -0.304 e. The third-order valence-corrected chi connectivity index (χ3v) is 3.54. The van der Waals surface area contributed by atoms with Crippen LogP contribution < -0.4 is 5.32 Å². The summed E-state index contributed by atoms with van der Waals surface area (Å²) in [5.74, 6) is 0. The van der Waals surface area contributed by atoms with E-state index in [1.165, 1.54) is 5.56 Å². The van der Waals surface area contributed by atoms with Crippen molar-refractivity contribution in [2.75, 3.05) is 0 Å². The fraction of sp³-hybridized carbons (Fsp3) is 0.529. The molecule has 0 aliphatic carbocycles. The van der Waals surface area contributed by atoms with Crippen LogP contribution in [0.25, 0.3) is 0 Å². The van der Waals surface area contributed by atoms with E-state index in [4.69, 9.17) is 0 Å². The molecule has 1 heterocycles. The van der Waals surface area contributed by atoms with Crippen molar-refractivity contribution < 1.29 is 0 Å². The molecule has 2 rings (SSSR count). The molecule has 21 heavy (non-hydrogen) atoms. The molecule has 1 atom stereocenters. The van der Waals surface area contributed by atoms with Gasteiger partial charge in [0.25, 0.3) is 0 Å². The molecular weight excluding hydrogens is 260 g/mol. The van der Waals surface area contributed by atoms with E-state index >= 15 is 0 Å². The Morgan fingerprint density at radius 2 is 1.90 bits per heavy atom.